The van der Waals surface area contributed by atoms with E-state index in [1.807, 2.05) is 11.6 Å². The summed E-state index contributed by atoms with van der Waals surface area (Å²) >= 11 is 1.66. The Hall–Kier alpha value is -0.450. The number of ether oxygens (including phenoxy) is 1. The van der Waals surface area contributed by atoms with Gasteiger partial charge in [-0.25, -0.2) is 4.98 Å². The summed E-state index contributed by atoms with van der Waals surface area (Å²) in [5.74, 6) is 1.34. The van der Waals surface area contributed by atoms with Gasteiger partial charge in [-0.15, -0.1) is 11.3 Å². The lowest BCUT2D eigenvalue weighted by molar-refractivity contribution is 0.0511. The molecule has 3 nitrogen and oxygen atoms in total. The topological polar surface area (TPSA) is 48.1 Å². The number of nitrogens with zero attached hydrogens (tertiary/aromatic N) is 1. The predicted molar refractivity (Wildman–Crippen MR) is 66.3 cm³/mol. The molecular weight excluding hydrogens is 220 g/mol. The third kappa shape index (κ3) is 3.27. The van der Waals surface area contributed by atoms with Gasteiger partial charge in [-0.1, -0.05) is 12.8 Å². The van der Waals surface area contributed by atoms with Crippen LogP contribution in [0.4, 0.5) is 0 Å². The van der Waals surface area contributed by atoms with E-state index in [1.165, 1.54) is 25.7 Å². The van der Waals surface area contributed by atoms with Crippen LogP contribution in [0, 0.1) is 11.8 Å². The van der Waals surface area contributed by atoms with Gasteiger partial charge < -0.3 is 10.5 Å². The molecule has 2 atom stereocenters. The molecule has 0 aromatic carbocycles. The molecule has 1 fully saturated rings. The van der Waals surface area contributed by atoms with Crippen LogP contribution < -0.4 is 5.73 Å². The highest BCUT2D eigenvalue weighted by Gasteiger charge is 2.23. The van der Waals surface area contributed by atoms with Crippen molar-refractivity contribution in [3.63, 3.8) is 0 Å². The average molecular weight is 240 g/mol. The van der Waals surface area contributed by atoms with E-state index in [2.05, 4.69) is 4.98 Å². The van der Waals surface area contributed by atoms with Crippen molar-refractivity contribution in [2.75, 3.05) is 13.2 Å². The second kappa shape index (κ2) is 6.33. The summed E-state index contributed by atoms with van der Waals surface area (Å²) < 4.78 is 5.74. The quantitative estimate of drug-likeness (QED) is 0.860. The first-order valence-electron chi connectivity index (χ1n) is 6.06. The van der Waals surface area contributed by atoms with Gasteiger partial charge in [0.05, 0.1) is 13.2 Å². The normalized spacial score (nSPS) is 25.8. The summed E-state index contributed by atoms with van der Waals surface area (Å²) in [6.45, 7) is 2.32. The molecule has 0 aliphatic heterocycles. The van der Waals surface area contributed by atoms with Crippen molar-refractivity contribution >= 4 is 11.3 Å². The summed E-state index contributed by atoms with van der Waals surface area (Å²) in [5.41, 5.74) is 5.79. The van der Waals surface area contributed by atoms with Gasteiger partial charge in [0, 0.05) is 11.6 Å². The van der Waals surface area contributed by atoms with E-state index in [1.54, 1.807) is 11.3 Å². The fraction of sp³-hybridized carbons (Fsp3) is 0.750. The van der Waals surface area contributed by atoms with Crippen LogP contribution in [0.15, 0.2) is 11.6 Å². The third-order valence-corrected chi connectivity index (χ3v) is 4.16. The van der Waals surface area contributed by atoms with Crippen LogP contribution in [0.1, 0.15) is 30.7 Å². The molecule has 1 aliphatic carbocycles. The monoisotopic (exact) mass is 240 g/mol. The molecule has 0 saturated heterocycles. The van der Waals surface area contributed by atoms with Crippen molar-refractivity contribution in [1.82, 2.24) is 4.98 Å². The largest absolute Gasteiger partial charge is 0.374 e. The van der Waals surface area contributed by atoms with Crippen molar-refractivity contribution in [2.24, 2.45) is 17.6 Å². The Morgan fingerprint density at radius 1 is 1.38 bits per heavy atom. The number of aromatic nitrogens is 1. The first-order valence-corrected chi connectivity index (χ1v) is 6.94. The third-order valence-electron chi connectivity index (χ3n) is 3.41. The molecule has 0 radical (unpaired) electrons. The Labute approximate surface area is 101 Å². The first-order chi connectivity index (χ1) is 7.90. The Bertz CT molecular complexity index is 289. The highest BCUT2D eigenvalue weighted by Crippen LogP contribution is 2.29. The lowest BCUT2D eigenvalue weighted by Crippen LogP contribution is -2.29. The maximum atomic E-state index is 5.79. The predicted octanol–water partition coefficient (Wildman–Crippen LogP) is 2.42. The molecule has 2 N–H and O–H groups in total. The molecule has 4 heteroatoms. The number of hydrogen-bond donors (Lipinski definition) is 1. The molecule has 0 spiro atoms. The minimum absolute atomic E-state index is 0.658. The maximum absolute atomic E-state index is 5.79. The van der Waals surface area contributed by atoms with E-state index in [9.17, 15) is 0 Å². The molecular formula is C12H20N2OS. The molecule has 1 aliphatic rings. The summed E-state index contributed by atoms with van der Waals surface area (Å²) in [5, 5.41) is 3.06. The lowest BCUT2D eigenvalue weighted by atomic mass is 9.80. The Morgan fingerprint density at radius 3 is 2.88 bits per heavy atom. The van der Waals surface area contributed by atoms with E-state index in [0.29, 0.717) is 18.4 Å². The molecule has 2 rings (SSSR count). The zero-order valence-electron chi connectivity index (χ0n) is 9.60. The van der Waals surface area contributed by atoms with Crippen molar-refractivity contribution < 1.29 is 4.74 Å². The second-order valence-electron chi connectivity index (χ2n) is 4.48. The summed E-state index contributed by atoms with van der Waals surface area (Å²) in [6.07, 6.45) is 7.06. The van der Waals surface area contributed by atoms with Crippen molar-refractivity contribution in [3.05, 3.63) is 16.6 Å². The SMILES string of the molecule is NCC1CCCCC1COCc1nccs1. The molecule has 0 bridgehead atoms. The van der Waals surface area contributed by atoms with Crippen LogP contribution in [-0.4, -0.2) is 18.1 Å². The Balaban J connectivity index is 1.71. The van der Waals surface area contributed by atoms with Crippen LogP contribution >= 0.6 is 11.3 Å². The highest BCUT2D eigenvalue weighted by molar-refractivity contribution is 7.09. The molecule has 1 aromatic heterocycles. The van der Waals surface area contributed by atoms with Crippen LogP contribution in [-0.2, 0) is 11.3 Å². The minimum atomic E-state index is 0.658. The van der Waals surface area contributed by atoms with Gasteiger partial charge in [-0.3, -0.25) is 0 Å². The molecule has 2 unspecified atom stereocenters. The van der Waals surface area contributed by atoms with Gasteiger partial charge in [-0.2, -0.15) is 0 Å². The van der Waals surface area contributed by atoms with Crippen LogP contribution in [0.25, 0.3) is 0 Å². The maximum Gasteiger partial charge on any atom is 0.118 e. The molecule has 1 aromatic rings. The Kier molecular flexibility index (Phi) is 4.75. The fourth-order valence-electron chi connectivity index (χ4n) is 2.44. The van der Waals surface area contributed by atoms with E-state index in [-0.39, 0.29) is 0 Å². The summed E-state index contributed by atoms with van der Waals surface area (Å²) in [7, 11) is 0. The van der Waals surface area contributed by atoms with Gasteiger partial charge in [0.25, 0.3) is 0 Å². The van der Waals surface area contributed by atoms with E-state index in [0.717, 1.165) is 18.2 Å². The van der Waals surface area contributed by atoms with Gasteiger partial charge in [0.15, 0.2) is 0 Å². The van der Waals surface area contributed by atoms with E-state index < -0.39 is 0 Å². The van der Waals surface area contributed by atoms with Gasteiger partial charge >= 0.3 is 0 Å². The molecule has 90 valence electrons. The standard InChI is InChI=1S/C12H20N2OS/c13-7-10-3-1-2-4-11(10)8-15-9-12-14-5-6-16-12/h5-6,10-11H,1-4,7-9,13H2. The molecule has 0 amide bonds. The highest BCUT2D eigenvalue weighted by atomic mass is 32.1. The van der Waals surface area contributed by atoms with E-state index >= 15 is 0 Å². The van der Waals surface area contributed by atoms with E-state index in [4.69, 9.17) is 10.5 Å². The zero-order valence-corrected chi connectivity index (χ0v) is 10.4. The Morgan fingerprint density at radius 2 is 2.19 bits per heavy atom. The minimum Gasteiger partial charge on any atom is -0.374 e. The summed E-state index contributed by atoms with van der Waals surface area (Å²) in [4.78, 5) is 4.21. The number of hydrogen-bond acceptors (Lipinski definition) is 4. The molecule has 16 heavy (non-hydrogen) atoms. The first kappa shape index (κ1) is 12.0. The number of nitrogens with two attached hydrogens (primary N) is 1. The van der Waals surface area contributed by atoms with Crippen molar-refractivity contribution in [3.8, 4) is 0 Å². The zero-order chi connectivity index (χ0) is 11.2. The number of thiazole rings is 1. The van der Waals surface area contributed by atoms with Gasteiger partial charge in [-0.05, 0) is 31.2 Å². The van der Waals surface area contributed by atoms with Gasteiger partial charge in [0.1, 0.15) is 5.01 Å². The van der Waals surface area contributed by atoms with Crippen molar-refractivity contribution in [1.29, 1.82) is 0 Å². The fourth-order valence-corrected chi connectivity index (χ4v) is 2.99. The lowest BCUT2D eigenvalue weighted by Gasteiger charge is -2.30. The second-order valence-corrected chi connectivity index (χ2v) is 5.46. The van der Waals surface area contributed by atoms with Gasteiger partial charge in [0.2, 0.25) is 0 Å². The van der Waals surface area contributed by atoms with Crippen LogP contribution in [0.3, 0.4) is 0 Å². The smallest absolute Gasteiger partial charge is 0.118 e. The summed E-state index contributed by atoms with van der Waals surface area (Å²) in [6, 6.07) is 0. The van der Waals surface area contributed by atoms with Crippen molar-refractivity contribution in [2.45, 2.75) is 32.3 Å². The van der Waals surface area contributed by atoms with Crippen LogP contribution in [0.5, 0.6) is 0 Å². The molecule has 1 heterocycles. The molecule has 1 saturated carbocycles. The van der Waals surface area contributed by atoms with Crippen LogP contribution in [0.2, 0.25) is 0 Å². The average Bonchev–Trinajstić information content (AvgIpc) is 2.83. The number of rotatable bonds is 5.